The molecule has 6 nitrogen and oxygen atoms in total. The van der Waals surface area contributed by atoms with E-state index in [1.165, 1.54) is 0 Å². The quantitative estimate of drug-likeness (QED) is 0.878. The lowest BCUT2D eigenvalue weighted by molar-refractivity contribution is -0.137. The van der Waals surface area contributed by atoms with Crippen molar-refractivity contribution in [3.63, 3.8) is 0 Å². The molecule has 6 heteroatoms. The summed E-state index contributed by atoms with van der Waals surface area (Å²) in [7, 11) is 0. The Hall–Kier alpha value is -1.85. The molecule has 0 atom stereocenters. The Morgan fingerprint density at radius 1 is 1.45 bits per heavy atom. The molecule has 1 saturated carbocycles. The van der Waals surface area contributed by atoms with Crippen LogP contribution in [0.4, 0.5) is 0 Å². The highest BCUT2D eigenvalue weighted by atomic mass is 16.4. The van der Waals surface area contributed by atoms with E-state index in [-0.39, 0.29) is 17.9 Å². The van der Waals surface area contributed by atoms with Crippen LogP contribution in [0.25, 0.3) is 0 Å². The molecule has 1 aliphatic carbocycles. The summed E-state index contributed by atoms with van der Waals surface area (Å²) in [5.41, 5.74) is 0.418. The third-order valence-corrected chi connectivity index (χ3v) is 3.55. The predicted molar refractivity (Wildman–Crippen MR) is 73.6 cm³/mol. The average molecular weight is 279 g/mol. The van der Waals surface area contributed by atoms with Gasteiger partial charge in [-0.2, -0.15) is 5.10 Å². The molecule has 110 valence electrons. The standard InChI is InChI=1S/C14H21N3O3/c1-9-10(8-17(16-9)13(2,3)4)12(20)15-14(5-6-14)7-11(18)19/h8H,5-7H2,1-4H3,(H,15,20)(H,18,19). The monoisotopic (exact) mass is 279 g/mol. The van der Waals surface area contributed by atoms with Crippen molar-refractivity contribution in [3.05, 3.63) is 17.5 Å². The van der Waals surface area contributed by atoms with Crippen molar-refractivity contribution >= 4 is 11.9 Å². The predicted octanol–water partition coefficient (Wildman–Crippen LogP) is 1.68. The van der Waals surface area contributed by atoms with Crippen LogP contribution in [0.5, 0.6) is 0 Å². The number of hydrogen-bond acceptors (Lipinski definition) is 3. The minimum Gasteiger partial charge on any atom is -0.481 e. The third-order valence-electron chi connectivity index (χ3n) is 3.55. The van der Waals surface area contributed by atoms with Crippen LogP contribution < -0.4 is 5.32 Å². The van der Waals surface area contributed by atoms with Gasteiger partial charge < -0.3 is 10.4 Å². The van der Waals surface area contributed by atoms with Crippen molar-refractivity contribution in [2.75, 3.05) is 0 Å². The van der Waals surface area contributed by atoms with Gasteiger partial charge in [-0.15, -0.1) is 0 Å². The van der Waals surface area contributed by atoms with Crippen molar-refractivity contribution < 1.29 is 14.7 Å². The zero-order valence-electron chi connectivity index (χ0n) is 12.4. The highest BCUT2D eigenvalue weighted by Gasteiger charge is 2.46. The lowest BCUT2D eigenvalue weighted by Crippen LogP contribution is -2.38. The number of rotatable bonds is 4. The van der Waals surface area contributed by atoms with E-state index in [1.807, 2.05) is 20.8 Å². The van der Waals surface area contributed by atoms with Gasteiger partial charge in [-0.05, 0) is 40.5 Å². The molecular formula is C14H21N3O3. The Morgan fingerprint density at radius 3 is 2.45 bits per heavy atom. The second kappa shape index (κ2) is 4.61. The Kier molecular flexibility index (Phi) is 3.36. The van der Waals surface area contributed by atoms with Gasteiger partial charge in [-0.1, -0.05) is 0 Å². The van der Waals surface area contributed by atoms with Gasteiger partial charge in [0.05, 0.1) is 28.8 Å². The molecule has 0 bridgehead atoms. The van der Waals surface area contributed by atoms with E-state index >= 15 is 0 Å². The summed E-state index contributed by atoms with van der Waals surface area (Å²) in [4.78, 5) is 23.1. The van der Waals surface area contributed by atoms with Crippen LogP contribution in [0.3, 0.4) is 0 Å². The van der Waals surface area contributed by atoms with Crippen molar-refractivity contribution in [2.24, 2.45) is 0 Å². The van der Waals surface area contributed by atoms with E-state index < -0.39 is 11.5 Å². The fraction of sp³-hybridized carbons (Fsp3) is 0.643. The Bertz CT molecular complexity index is 551. The lowest BCUT2D eigenvalue weighted by atomic mass is 10.1. The highest BCUT2D eigenvalue weighted by Crippen LogP contribution is 2.39. The van der Waals surface area contributed by atoms with Gasteiger partial charge in [-0.25, -0.2) is 0 Å². The van der Waals surface area contributed by atoms with Crippen LogP contribution in [-0.2, 0) is 10.3 Å². The highest BCUT2D eigenvalue weighted by molar-refractivity contribution is 5.96. The molecule has 1 heterocycles. The fourth-order valence-corrected chi connectivity index (χ4v) is 2.12. The molecule has 0 spiro atoms. The second-order valence-electron chi connectivity index (χ2n) is 6.55. The molecule has 1 aromatic rings. The van der Waals surface area contributed by atoms with Gasteiger partial charge in [0.15, 0.2) is 0 Å². The normalized spacial score (nSPS) is 16.8. The zero-order chi connectivity index (χ0) is 15.1. The number of nitrogens with zero attached hydrogens (tertiary/aromatic N) is 2. The van der Waals surface area contributed by atoms with E-state index in [4.69, 9.17) is 5.11 Å². The Morgan fingerprint density at radius 2 is 2.05 bits per heavy atom. The van der Waals surface area contributed by atoms with E-state index in [0.717, 1.165) is 12.8 Å². The van der Waals surface area contributed by atoms with Crippen LogP contribution in [0.2, 0.25) is 0 Å². The molecule has 0 saturated heterocycles. The number of amides is 1. The summed E-state index contributed by atoms with van der Waals surface area (Å²) < 4.78 is 1.76. The molecule has 0 aromatic carbocycles. The zero-order valence-corrected chi connectivity index (χ0v) is 12.4. The van der Waals surface area contributed by atoms with Crippen LogP contribution in [0.1, 0.15) is 56.1 Å². The molecule has 1 aliphatic rings. The summed E-state index contributed by atoms with van der Waals surface area (Å²) in [6.45, 7) is 7.81. The molecule has 1 fully saturated rings. The maximum atomic E-state index is 12.3. The molecule has 0 unspecified atom stereocenters. The first-order valence-electron chi connectivity index (χ1n) is 6.74. The minimum absolute atomic E-state index is 0.0226. The summed E-state index contributed by atoms with van der Waals surface area (Å²) in [5, 5.41) is 16.1. The Labute approximate surface area is 118 Å². The number of carboxylic acid groups (broad SMARTS) is 1. The van der Waals surface area contributed by atoms with Crippen molar-refractivity contribution in [3.8, 4) is 0 Å². The second-order valence-corrected chi connectivity index (χ2v) is 6.55. The van der Waals surface area contributed by atoms with Crippen molar-refractivity contribution in [1.82, 2.24) is 15.1 Å². The van der Waals surface area contributed by atoms with E-state index in [2.05, 4.69) is 10.4 Å². The number of carboxylic acids is 1. The van der Waals surface area contributed by atoms with Gasteiger partial charge >= 0.3 is 5.97 Å². The lowest BCUT2D eigenvalue weighted by Gasteiger charge is -2.18. The Balaban J connectivity index is 2.14. The van der Waals surface area contributed by atoms with Gasteiger partial charge in [0.25, 0.3) is 5.91 Å². The minimum atomic E-state index is -0.884. The van der Waals surface area contributed by atoms with Gasteiger partial charge in [0, 0.05) is 6.20 Å². The number of carbonyl (C=O) groups is 2. The first kappa shape index (κ1) is 14.6. The molecule has 0 radical (unpaired) electrons. The molecular weight excluding hydrogens is 258 g/mol. The summed E-state index contributed by atoms with van der Waals surface area (Å²) in [6.07, 6.45) is 3.14. The fourth-order valence-electron chi connectivity index (χ4n) is 2.12. The first-order chi connectivity index (χ1) is 9.13. The van der Waals surface area contributed by atoms with Crippen LogP contribution in [0, 0.1) is 6.92 Å². The largest absolute Gasteiger partial charge is 0.481 e. The molecule has 1 aromatic heterocycles. The maximum absolute atomic E-state index is 12.3. The van der Waals surface area contributed by atoms with Gasteiger partial charge in [0.1, 0.15) is 0 Å². The number of aryl methyl sites for hydroxylation is 1. The number of hydrogen-bond donors (Lipinski definition) is 2. The summed E-state index contributed by atoms with van der Waals surface area (Å²) in [6, 6.07) is 0. The topological polar surface area (TPSA) is 84.2 Å². The first-order valence-corrected chi connectivity index (χ1v) is 6.74. The van der Waals surface area contributed by atoms with Crippen LogP contribution in [-0.4, -0.2) is 32.3 Å². The molecule has 2 rings (SSSR count). The van der Waals surface area contributed by atoms with Crippen molar-refractivity contribution in [2.45, 2.75) is 58.0 Å². The SMILES string of the molecule is Cc1nn(C(C)(C)C)cc1C(=O)NC1(CC(=O)O)CC1. The van der Waals surface area contributed by atoms with Crippen LogP contribution >= 0.6 is 0 Å². The molecule has 1 amide bonds. The number of aliphatic carboxylic acids is 1. The van der Waals surface area contributed by atoms with Crippen molar-refractivity contribution in [1.29, 1.82) is 0 Å². The molecule has 2 N–H and O–H groups in total. The average Bonchev–Trinajstić information content (AvgIpc) is 2.87. The van der Waals surface area contributed by atoms with E-state index in [1.54, 1.807) is 17.8 Å². The third kappa shape index (κ3) is 3.00. The van der Waals surface area contributed by atoms with E-state index in [9.17, 15) is 9.59 Å². The summed E-state index contributed by atoms with van der Waals surface area (Å²) in [5.74, 6) is -1.12. The molecule has 0 aliphatic heterocycles. The van der Waals surface area contributed by atoms with Gasteiger partial charge in [0.2, 0.25) is 0 Å². The number of aromatic nitrogens is 2. The molecule has 20 heavy (non-hydrogen) atoms. The maximum Gasteiger partial charge on any atom is 0.305 e. The van der Waals surface area contributed by atoms with E-state index in [0.29, 0.717) is 11.3 Å². The van der Waals surface area contributed by atoms with Gasteiger partial charge in [-0.3, -0.25) is 14.3 Å². The number of nitrogens with one attached hydrogen (secondary N) is 1. The summed E-state index contributed by atoms with van der Waals surface area (Å²) >= 11 is 0. The smallest absolute Gasteiger partial charge is 0.305 e. The van der Waals surface area contributed by atoms with Crippen LogP contribution in [0.15, 0.2) is 6.20 Å². The number of carbonyl (C=O) groups excluding carboxylic acids is 1.